The molecule has 7 nitrogen and oxygen atoms in total. The predicted molar refractivity (Wildman–Crippen MR) is 149 cm³/mol. The van der Waals surface area contributed by atoms with E-state index in [2.05, 4.69) is 15.6 Å². The number of nitrogens with one attached hydrogen (secondary N) is 2. The summed E-state index contributed by atoms with van der Waals surface area (Å²) in [5.74, 6) is 1.76. The SMILES string of the molecule is COc1ccc(-c2nc3ccccc3o2)cc1NC(=S)NC(=O)C=Cc1ccc(-c2ccc(Cl)cc2)o1. The zero-order chi connectivity index (χ0) is 25.8. The summed E-state index contributed by atoms with van der Waals surface area (Å²) in [5.41, 5.74) is 3.61. The molecule has 0 radical (unpaired) electrons. The lowest BCUT2D eigenvalue weighted by molar-refractivity contribution is -0.115. The van der Waals surface area contributed by atoms with Crippen molar-refractivity contribution in [2.45, 2.75) is 0 Å². The van der Waals surface area contributed by atoms with Gasteiger partial charge in [-0.25, -0.2) is 4.98 Å². The Labute approximate surface area is 222 Å². The van der Waals surface area contributed by atoms with Gasteiger partial charge in [0.25, 0.3) is 0 Å². The van der Waals surface area contributed by atoms with Crippen molar-refractivity contribution in [2.24, 2.45) is 0 Å². The average molecular weight is 530 g/mol. The lowest BCUT2D eigenvalue weighted by Gasteiger charge is -2.13. The van der Waals surface area contributed by atoms with Crippen LogP contribution in [0.4, 0.5) is 5.69 Å². The molecular formula is C28H20ClN3O4S. The Balaban J connectivity index is 1.24. The number of carbonyl (C=O) groups excluding carboxylic acids is 1. The number of nitrogens with zero attached hydrogens (tertiary/aromatic N) is 1. The molecule has 2 heterocycles. The number of carbonyl (C=O) groups is 1. The summed E-state index contributed by atoms with van der Waals surface area (Å²) in [6.45, 7) is 0. The molecule has 184 valence electrons. The van der Waals surface area contributed by atoms with Crippen LogP contribution in [0.25, 0.3) is 40.0 Å². The standard InChI is InChI=1S/C28H20ClN3O4S/c1-34-24-13-8-18(27-30-21-4-2-3-5-25(21)36-27)16-22(24)31-28(37)32-26(33)15-12-20-11-14-23(35-20)17-6-9-19(29)10-7-17/h2-16H,1H3,(H2,31,32,33,37). The van der Waals surface area contributed by atoms with Gasteiger partial charge in [0.1, 0.15) is 22.8 Å². The molecule has 0 aliphatic rings. The van der Waals surface area contributed by atoms with E-state index in [9.17, 15) is 4.79 Å². The van der Waals surface area contributed by atoms with Crippen LogP contribution in [0.2, 0.25) is 5.02 Å². The molecule has 2 N–H and O–H groups in total. The highest BCUT2D eigenvalue weighted by Crippen LogP contribution is 2.32. The van der Waals surface area contributed by atoms with Crippen LogP contribution in [0, 0.1) is 0 Å². The summed E-state index contributed by atoms with van der Waals surface area (Å²) in [6, 6.07) is 23.8. The molecular weight excluding hydrogens is 510 g/mol. The number of hydrogen-bond acceptors (Lipinski definition) is 6. The highest BCUT2D eigenvalue weighted by atomic mass is 35.5. The Kier molecular flexibility index (Phi) is 7.02. The number of halogens is 1. The Hall–Kier alpha value is -4.40. The van der Waals surface area contributed by atoms with Crippen molar-refractivity contribution in [1.29, 1.82) is 0 Å². The van der Waals surface area contributed by atoms with Crippen LogP contribution < -0.4 is 15.4 Å². The molecule has 9 heteroatoms. The largest absolute Gasteiger partial charge is 0.495 e. The number of amides is 1. The second kappa shape index (κ2) is 10.7. The van der Waals surface area contributed by atoms with Crippen LogP contribution in [-0.4, -0.2) is 23.1 Å². The van der Waals surface area contributed by atoms with Gasteiger partial charge in [-0.15, -0.1) is 0 Å². The van der Waals surface area contributed by atoms with Crippen LogP contribution in [0.3, 0.4) is 0 Å². The average Bonchev–Trinajstić information content (AvgIpc) is 3.55. The van der Waals surface area contributed by atoms with Crippen molar-refractivity contribution >= 4 is 57.7 Å². The third-order valence-corrected chi connectivity index (χ3v) is 5.84. The minimum atomic E-state index is -0.420. The second-order valence-electron chi connectivity index (χ2n) is 7.89. The third kappa shape index (κ3) is 5.72. The maximum absolute atomic E-state index is 12.4. The smallest absolute Gasteiger partial charge is 0.250 e. The first-order valence-corrected chi connectivity index (χ1v) is 12.0. The highest BCUT2D eigenvalue weighted by Gasteiger charge is 2.13. The van der Waals surface area contributed by atoms with Gasteiger partial charge >= 0.3 is 0 Å². The number of thiocarbonyl (C=S) groups is 1. The number of furan rings is 1. The zero-order valence-electron chi connectivity index (χ0n) is 19.5. The second-order valence-corrected chi connectivity index (χ2v) is 8.73. The molecule has 0 spiro atoms. The van der Waals surface area contributed by atoms with Crippen molar-refractivity contribution in [2.75, 3.05) is 12.4 Å². The Morgan fingerprint density at radius 1 is 1.00 bits per heavy atom. The summed E-state index contributed by atoms with van der Waals surface area (Å²) in [6.07, 6.45) is 2.90. The van der Waals surface area contributed by atoms with E-state index in [1.807, 2.05) is 48.5 Å². The normalized spacial score (nSPS) is 11.1. The zero-order valence-corrected chi connectivity index (χ0v) is 21.1. The van der Waals surface area contributed by atoms with Crippen LogP contribution in [-0.2, 0) is 4.79 Å². The lowest BCUT2D eigenvalue weighted by atomic mass is 10.2. The number of rotatable bonds is 6. The summed E-state index contributed by atoms with van der Waals surface area (Å²) >= 11 is 11.3. The number of methoxy groups -OCH3 is 1. The third-order valence-electron chi connectivity index (χ3n) is 5.38. The minimum absolute atomic E-state index is 0.101. The van der Waals surface area contributed by atoms with E-state index < -0.39 is 5.91 Å². The minimum Gasteiger partial charge on any atom is -0.495 e. The van der Waals surface area contributed by atoms with Crippen molar-refractivity contribution in [1.82, 2.24) is 10.3 Å². The fraction of sp³-hybridized carbons (Fsp3) is 0.0357. The maximum atomic E-state index is 12.4. The first kappa shape index (κ1) is 24.3. The van der Waals surface area contributed by atoms with Gasteiger partial charge in [-0.3, -0.25) is 10.1 Å². The molecule has 37 heavy (non-hydrogen) atoms. The predicted octanol–water partition coefficient (Wildman–Crippen LogP) is 6.94. The molecule has 5 rings (SSSR count). The molecule has 0 bridgehead atoms. The van der Waals surface area contributed by atoms with Crippen molar-refractivity contribution in [3.63, 3.8) is 0 Å². The topological polar surface area (TPSA) is 89.5 Å². The molecule has 0 atom stereocenters. The van der Waals surface area contributed by atoms with Gasteiger partial charge in [0.2, 0.25) is 11.8 Å². The number of ether oxygens (including phenoxy) is 1. The molecule has 0 aliphatic carbocycles. The van der Waals surface area contributed by atoms with E-state index in [4.69, 9.17) is 37.4 Å². The van der Waals surface area contributed by atoms with E-state index in [1.165, 1.54) is 6.08 Å². The van der Waals surface area contributed by atoms with E-state index in [0.717, 1.165) is 16.6 Å². The number of anilines is 1. The van der Waals surface area contributed by atoms with Crippen LogP contribution in [0.15, 0.2) is 93.8 Å². The van der Waals surface area contributed by atoms with Gasteiger partial charge in [0, 0.05) is 22.2 Å². The number of fused-ring (bicyclic) bond motifs is 1. The summed E-state index contributed by atoms with van der Waals surface area (Å²) in [4.78, 5) is 17.0. The van der Waals surface area contributed by atoms with Crippen LogP contribution in [0.1, 0.15) is 5.76 Å². The quantitative estimate of drug-likeness (QED) is 0.182. The van der Waals surface area contributed by atoms with Crippen molar-refractivity contribution < 1.29 is 18.4 Å². The van der Waals surface area contributed by atoms with Gasteiger partial charge in [0.15, 0.2) is 10.7 Å². The molecule has 2 aromatic heterocycles. The molecule has 1 amide bonds. The lowest BCUT2D eigenvalue weighted by Crippen LogP contribution is -2.32. The van der Waals surface area contributed by atoms with E-state index in [-0.39, 0.29) is 5.11 Å². The van der Waals surface area contributed by atoms with Crippen molar-refractivity contribution in [3.8, 4) is 28.5 Å². The molecule has 3 aromatic carbocycles. The van der Waals surface area contributed by atoms with Gasteiger partial charge in [-0.05, 0) is 85.0 Å². The summed E-state index contributed by atoms with van der Waals surface area (Å²) < 4.78 is 17.1. The number of oxazole rings is 1. The molecule has 0 fully saturated rings. The monoisotopic (exact) mass is 529 g/mol. The van der Waals surface area contributed by atoms with Gasteiger partial charge in [-0.2, -0.15) is 0 Å². The fourth-order valence-electron chi connectivity index (χ4n) is 3.61. The Bertz CT molecular complexity index is 1590. The number of hydrogen-bond donors (Lipinski definition) is 2. The summed E-state index contributed by atoms with van der Waals surface area (Å²) in [5, 5.41) is 6.37. The number of aromatic nitrogens is 1. The molecule has 0 aliphatic heterocycles. The molecule has 0 unspecified atom stereocenters. The molecule has 5 aromatic rings. The van der Waals surface area contributed by atoms with Gasteiger partial charge in [0.05, 0.1) is 12.8 Å². The van der Waals surface area contributed by atoms with E-state index in [0.29, 0.717) is 39.5 Å². The first-order valence-electron chi connectivity index (χ1n) is 11.2. The van der Waals surface area contributed by atoms with E-state index in [1.54, 1.807) is 43.5 Å². The van der Waals surface area contributed by atoms with Crippen LogP contribution >= 0.6 is 23.8 Å². The number of benzene rings is 3. The van der Waals surface area contributed by atoms with Gasteiger partial charge < -0.3 is 18.9 Å². The first-order chi connectivity index (χ1) is 18.0. The Morgan fingerprint density at radius 2 is 1.78 bits per heavy atom. The van der Waals surface area contributed by atoms with Crippen molar-refractivity contribution in [3.05, 3.63) is 95.7 Å². The molecule has 0 saturated heterocycles. The molecule has 0 saturated carbocycles. The van der Waals surface area contributed by atoms with Gasteiger partial charge in [-0.1, -0.05) is 23.7 Å². The fourth-order valence-corrected chi connectivity index (χ4v) is 3.95. The Morgan fingerprint density at radius 3 is 2.57 bits per heavy atom. The maximum Gasteiger partial charge on any atom is 0.250 e. The van der Waals surface area contributed by atoms with Crippen LogP contribution in [0.5, 0.6) is 5.75 Å². The summed E-state index contributed by atoms with van der Waals surface area (Å²) in [7, 11) is 1.55. The number of para-hydroxylation sites is 2. The van der Waals surface area contributed by atoms with E-state index >= 15 is 0 Å². The highest BCUT2D eigenvalue weighted by molar-refractivity contribution is 7.80.